The summed E-state index contributed by atoms with van der Waals surface area (Å²) in [5, 5.41) is 3.21. The van der Waals surface area contributed by atoms with Crippen LogP contribution in [0.3, 0.4) is 0 Å². The Morgan fingerprint density at radius 3 is 2.21 bits per heavy atom. The van der Waals surface area contributed by atoms with Gasteiger partial charge in [0.25, 0.3) is 8.32 Å². The van der Waals surface area contributed by atoms with Crippen LogP contribution in [0.1, 0.15) is 47.2 Å². The van der Waals surface area contributed by atoms with Crippen LogP contribution in [-0.2, 0) is 6.42 Å². The number of pyridine rings is 1. The lowest BCUT2D eigenvalue weighted by atomic mass is 10.0. The number of aromatic nitrogens is 2. The fraction of sp³-hybridized carbons (Fsp3) is 0.444. The maximum atomic E-state index is 7.16. The van der Waals surface area contributed by atoms with Gasteiger partial charge in [-0.15, -0.1) is 11.6 Å². The Kier molecular flexibility index (Phi) is 7.23. The van der Waals surface area contributed by atoms with Crippen LogP contribution in [0, 0.1) is 0 Å². The van der Waals surface area contributed by atoms with Gasteiger partial charge in [-0.1, -0.05) is 65.8 Å². The predicted octanol–water partition coefficient (Wildman–Crippen LogP) is 8.75. The van der Waals surface area contributed by atoms with Gasteiger partial charge < -0.3 is 9.16 Å². The summed E-state index contributed by atoms with van der Waals surface area (Å²) in [5.41, 5.74) is 4.39. The number of halogens is 2. The molecule has 2 aromatic carbocycles. The largest absolute Gasteiger partial charge is 0.540 e. The summed E-state index contributed by atoms with van der Waals surface area (Å²) in [6.45, 7) is 13.8. The summed E-state index contributed by atoms with van der Waals surface area (Å²) in [7, 11) is -0.454. The smallest absolute Gasteiger partial charge is 0.258 e. The van der Waals surface area contributed by atoms with E-state index in [9.17, 15) is 0 Å². The second-order valence-corrected chi connectivity index (χ2v) is 16.5. The summed E-state index contributed by atoms with van der Waals surface area (Å²) < 4.78 is 16.5. The number of alkyl halides is 1. The average Bonchev–Trinajstić information content (AvgIpc) is 3.20. The van der Waals surface area contributed by atoms with Gasteiger partial charge in [0, 0.05) is 34.1 Å². The molecule has 0 fully saturated rings. The van der Waals surface area contributed by atoms with E-state index in [1.54, 1.807) is 7.11 Å². The van der Waals surface area contributed by atoms with E-state index in [4.69, 9.17) is 25.7 Å². The highest BCUT2D eigenvalue weighted by atomic mass is 79.9. The Morgan fingerprint density at radius 2 is 1.65 bits per heavy atom. The molecule has 4 aromatic rings. The minimum Gasteiger partial charge on any atom is -0.540 e. The summed E-state index contributed by atoms with van der Waals surface area (Å²) in [6, 6.07) is 10.5. The fourth-order valence-corrected chi connectivity index (χ4v) is 11.9. The molecule has 7 heteroatoms. The number of methoxy groups -OCH3 is 1. The van der Waals surface area contributed by atoms with Gasteiger partial charge >= 0.3 is 0 Å². The zero-order chi connectivity index (χ0) is 24.8. The SMILES string of the molecule is COc1c(O[Si](C(C)C)(C(C)C)C(C)C)cc(Br)c2c1c1ccccc1c1ncc(CCCl)n12. The van der Waals surface area contributed by atoms with Crippen LogP contribution in [-0.4, -0.2) is 30.7 Å². The van der Waals surface area contributed by atoms with Crippen molar-refractivity contribution in [2.45, 2.75) is 64.6 Å². The maximum Gasteiger partial charge on any atom is 0.258 e. The first-order valence-electron chi connectivity index (χ1n) is 12.0. The summed E-state index contributed by atoms with van der Waals surface area (Å²) >= 11 is 10.1. The zero-order valence-corrected chi connectivity index (χ0v) is 24.4. The molecule has 0 aliphatic heterocycles. The summed E-state index contributed by atoms with van der Waals surface area (Å²) in [6.07, 6.45) is 2.66. The molecule has 182 valence electrons. The third-order valence-electron chi connectivity index (χ3n) is 7.22. The first-order valence-corrected chi connectivity index (χ1v) is 15.5. The van der Waals surface area contributed by atoms with E-state index in [1.165, 1.54) is 0 Å². The molecule has 2 aromatic heterocycles. The highest BCUT2D eigenvalue weighted by Gasteiger charge is 2.47. The highest BCUT2D eigenvalue weighted by Crippen LogP contribution is 2.49. The van der Waals surface area contributed by atoms with Crippen LogP contribution in [0.25, 0.3) is 27.3 Å². The van der Waals surface area contributed by atoms with E-state index >= 15 is 0 Å². The lowest BCUT2D eigenvalue weighted by Crippen LogP contribution is -2.50. The molecule has 0 amide bonds. The second-order valence-electron chi connectivity index (χ2n) is 9.93. The standard InChI is InChI=1S/C27H34BrClN2O2Si/c1-16(2)34(17(3)4,18(5)6)33-23-14-22(28)25-24(26(23)32-7)20-10-8-9-11-21(20)27-30-15-19(12-13-29)31(25)27/h8-11,14-18H,12-13H2,1-7H3. The van der Waals surface area contributed by atoms with Gasteiger partial charge in [-0.25, -0.2) is 4.98 Å². The molecule has 0 unspecified atom stereocenters. The third-order valence-corrected chi connectivity index (χ3v) is 14.0. The molecule has 0 N–H and O–H groups in total. The first-order chi connectivity index (χ1) is 16.2. The first kappa shape index (κ1) is 25.3. The van der Waals surface area contributed by atoms with Crippen LogP contribution in [0.15, 0.2) is 41.0 Å². The number of ether oxygens (including phenoxy) is 1. The van der Waals surface area contributed by atoms with E-state index in [2.05, 4.69) is 92.2 Å². The van der Waals surface area contributed by atoms with Gasteiger partial charge in [0.15, 0.2) is 5.75 Å². The molecule has 4 nitrogen and oxygen atoms in total. The molecule has 0 aliphatic carbocycles. The van der Waals surface area contributed by atoms with E-state index in [-0.39, 0.29) is 0 Å². The number of imidazole rings is 1. The topological polar surface area (TPSA) is 35.8 Å². The van der Waals surface area contributed by atoms with Crippen molar-refractivity contribution in [2.75, 3.05) is 13.0 Å². The van der Waals surface area contributed by atoms with Crippen LogP contribution < -0.4 is 9.16 Å². The molecule has 4 rings (SSSR count). The van der Waals surface area contributed by atoms with Gasteiger partial charge in [0.2, 0.25) is 0 Å². The summed E-state index contributed by atoms with van der Waals surface area (Å²) in [4.78, 5) is 4.78. The Balaban J connectivity index is 2.15. The molecule has 0 saturated heterocycles. The second kappa shape index (κ2) is 9.71. The maximum absolute atomic E-state index is 7.16. The Labute approximate surface area is 216 Å². The molecule has 0 atom stereocenters. The minimum absolute atomic E-state index is 0.454. The van der Waals surface area contributed by atoms with E-state index < -0.39 is 8.32 Å². The Morgan fingerprint density at radius 1 is 1.03 bits per heavy atom. The number of benzene rings is 2. The van der Waals surface area contributed by atoms with Gasteiger partial charge in [0.1, 0.15) is 11.4 Å². The van der Waals surface area contributed by atoms with Crippen LogP contribution in [0.5, 0.6) is 11.5 Å². The number of fused-ring (bicyclic) bond motifs is 6. The van der Waals surface area contributed by atoms with Crippen LogP contribution >= 0.6 is 27.5 Å². The molecule has 0 bridgehead atoms. The van der Waals surface area contributed by atoms with Crippen molar-refractivity contribution >= 4 is 63.2 Å². The molecule has 0 saturated carbocycles. The monoisotopic (exact) mass is 560 g/mol. The molecule has 2 heterocycles. The minimum atomic E-state index is -2.20. The number of aryl methyl sites for hydroxylation is 1. The summed E-state index contributed by atoms with van der Waals surface area (Å²) in [5.74, 6) is 2.12. The third kappa shape index (κ3) is 3.82. The van der Waals surface area contributed by atoms with Crippen molar-refractivity contribution in [3.05, 3.63) is 46.7 Å². The highest BCUT2D eigenvalue weighted by molar-refractivity contribution is 9.10. The van der Waals surface area contributed by atoms with Crippen LogP contribution in [0.4, 0.5) is 0 Å². The molecular weight excluding hydrogens is 528 g/mol. The average molecular weight is 562 g/mol. The number of hydrogen-bond acceptors (Lipinski definition) is 3. The number of rotatable bonds is 8. The fourth-order valence-electron chi connectivity index (χ4n) is 5.89. The lowest BCUT2D eigenvalue weighted by Gasteiger charge is -2.42. The molecule has 0 aliphatic rings. The number of hydrogen-bond donors (Lipinski definition) is 0. The van der Waals surface area contributed by atoms with Gasteiger partial charge in [-0.2, -0.15) is 0 Å². The van der Waals surface area contributed by atoms with Crippen molar-refractivity contribution < 1.29 is 9.16 Å². The van der Waals surface area contributed by atoms with E-state index in [0.717, 1.165) is 55.4 Å². The van der Waals surface area contributed by atoms with Crippen molar-refractivity contribution in [3.8, 4) is 11.5 Å². The van der Waals surface area contributed by atoms with Gasteiger partial charge in [-0.3, -0.25) is 4.40 Å². The van der Waals surface area contributed by atoms with Crippen molar-refractivity contribution in [2.24, 2.45) is 0 Å². The molecule has 34 heavy (non-hydrogen) atoms. The normalized spacial score (nSPS) is 12.7. The van der Waals surface area contributed by atoms with Crippen LogP contribution in [0.2, 0.25) is 16.6 Å². The van der Waals surface area contributed by atoms with E-state index in [0.29, 0.717) is 22.5 Å². The van der Waals surface area contributed by atoms with Crippen molar-refractivity contribution in [1.29, 1.82) is 0 Å². The Hall–Kier alpha value is -1.76. The quantitative estimate of drug-likeness (QED) is 0.123. The molecule has 0 spiro atoms. The lowest BCUT2D eigenvalue weighted by molar-refractivity contribution is 0.387. The van der Waals surface area contributed by atoms with Crippen molar-refractivity contribution in [3.63, 3.8) is 0 Å². The van der Waals surface area contributed by atoms with Gasteiger partial charge in [0.05, 0.1) is 18.0 Å². The predicted molar refractivity (Wildman–Crippen MR) is 151 cm³/mol. The zero-order valence-electron chi connectivity index (χ0n) is 21.1. The van der Waals surface area contributed by atoms with Gasteiger partial charge in [-0.05, 0) is 44.0 Å². The number of nitrogens with zero attached hydrogens (tertiary/aromatic N) is 2. The molecular formula is C27H34BrClN2O2Si. The molecule has 0 radical (unpaired) electrons. The Bertz CT molecular complexity index is 1330. The van der Waals surface area contributed by atoms with E-state index in [1.807, 2.05) is 6.20 Å². The van der Waals surface area contributed by atoms with Crippen molar-refractivity contribution in [1.82, 2.24) is 9.38 Å².